The Hall–Kier alpha value is -1.53. The first-order chi connectivity index (χ1) is 12.3. The average molecular weight is 375 g/mol. The Bertz CT molecular complexity index is 648. The van der Waals surface area contributed by atoms with Gasteiger partial charge in [-0.1, -0.05) is 31.2 Å². The summed E-state index contributed by atoms with van der Waals surface area (Å²) in [4.78, 5) is 14.0. The Morgan fingerprint density at radius 1 is 1.11 bits per heavy atom. The maximum atomic E-state index is 12.4. The number of hydrogen-bond acceptors (Lipinski definition) is 4. The van der Waals surface area contributed by atoms with Crippen LogP contribution in [0.15, 0.2) is 24.3 Å². The van der Waals surface area contributed by atoms with Crippen molar-refractivity contribution in [2.24, 2.45) is 0 Å². The van der Waals surface area contributed by atoms with Crippen LogP contribution in [0, 0.1) is 0 Å². The second-order valence-electron chi connectivity index (χ2n) is 9.27. The van der Waals surface area contributed by atoms with Gasteiger partial charge in [-0.15, -0.1) is 0 Å². The molecule has 27 heavy (non-hydrogen) atoms. The van der Waals surface area contributed by atoms with Crippen LogP contribution in [0.1, 0.15) is 73.5 Å². The second-order valence-corrected chi connectivity index (χ2v) is 9.27. The van der Waals surface area contributed by atoms with Crippen LogP contribution in [0.2, 0.25) is 0 Å². The topological polar surface area (TPSA) is 48.0 Å². The van der Waals surface area contributed by atoms with Gasteiger partial charge in [-0.2, -0.15) is 0 Å². The first-order valence-corrected chi connectivity index (χ1v) is 9.68. The van der Waals surface area contributed by atoms with E-state index in [-0.39, 0.29) is 28.9 Å². The van der Waals surface area contributed by atoms with E-state index in [2.05, 4.69) is 0 Å². The molecular formula is C21H34BNO4. The molecule has 1 saturated heterocycles. The maximum Gasteiger partial charge on any atom is 0.494 e. The van der Waals surface area contributed by atoms with Crippen molar-refractivity contribution in [1.82, 2.24) is 4.90 Å². The van der Waals surface area contributed by atoms with E-state index < -0.39 is 7.12 Å². The van der Waals surface area contributed by atoms with E-state index in [9.17, 15) is 4.79 Å². The molecule has 1 fully saturated rings. The lowest BCUT2D eigenvalue weighted by Crippen LogP contribution is -2.43. The van der Waals surface area contributed by atoms with Crippen molar-refractivity contribution in [2.75, 3.05) is 7.05 Å². The van der Waals surface area contributed by atoms with E-state index in [1.807, 2.05) is 79.7 Å². The predicted molar refractivity (Wildman–Crippen MR) is 109 cm³/mol. The van der Waals surface area contributed by atoms with Crippen molar-refractivity contribution < 1.29 is 18.8 Å². The van der Waals surface area contributed by atoms with Crippen molar-refractivity contribution >= 4 is 18.7 Å². The van der Waals surface area contributed by atoms with Crippen LogP contribution in [0.5, 0.6) is 0 Å². The van der Waals surface area contributed by atoms with Crippen LogP contribution < -0.4 is 5.46 Å². The summed E-state index contributed by atoms with van der Waals surface area (Å²) in [6, 6.07) is 7.95. The molecule has 0 unspecified atom stereocenters. The molecule has 1 aliphatic heterocycles. The minimum Gasteiger partial charge on any atom is -0.441 e. The fourth-order valence-corrected chi connectivity index (χ4v) is 2.71. The molecule has 0 N–H and O–H groups in total. The molecule has 0 radical (unpaired) electrons. The smallest absolute Gasteiger partial charge is 0.441 e. The molecule has 0 spiro atoms. The Balaban J connectivity index is 2.10. The number of rotatable bonds is 4. The summed E-state index contributed by atoms with van der Waals surface area (Å²) < 4.78 is 17.9. The normalized spacial score (nSPS) is 19.7. The van der Waals surface area contributed by atoms with Gasteiger partial charge in [0.25, 0.3) is 0 Å². The largest absolute Gasteiger partial charge is 0.494 e. The van der Waals surface area contributed by atoms with E-state index >= 15 is 0 Å². The standard InChI is InChI=1S/C21H34BNO4/c1-10-17(25-18(24)23(9)19(2,3)4)15-11-13-16(14-12-15)22-26-20(5,6)21(7,8)27-22/h11-14,17H,10H2,1-9H3/t17-/m0/s1. The van der Waals surface area contributed by atoms with E-state index in [1.54, 1.807) is 11.9 Å². The fourth-order valence-electron chi connectivity index (χ4n) is 2.71. The molecule has 0 aromatic heterocycles. The molecule has 0 aliphatic carbocycles. The van der Waals surface area contributed by atoms with Gasteiger partial charge >= 0.3 is 13.2 Å². The molecule has 6 heteroatoms. The number of benzene rings is 1. The Morgan fingerprint density at radius 2 is 1.59 bits per heavy atom. The lowest BCUT2D eigenvalue weighted by molar-refractivity contribution is 0.00578. The highest BCUT2D eigenvalue weighted by atomic mass is 16.7. The Morgan fingerprint density at radius 3 is 2.00 bits per heavy atom. The van der Waals surface area contributed by atoms with Crippen molar-refractivity contribution in [3.05, 3.63) is 29.8 Å². The summed E-state index contributed by atoms with van der Waals surface area (Å²) in [5.74, 6) is 0. The van der Waals surface area contributed by atoms with E-state index in [0.717, 1.165) is 11.0 Å². The third-order valence-electron chi connectivity index (χ3n) is 5.73. The number of amides is 1. The highest BCUT2D eigenvalue weighted by Gasteiger charge is 2.51. The molecule has 1 heterocycles. The van der Waals surface area contributed by atoms with Crippen LogP contribution in [-0.4, -0.2) is 41.9 Å². The monoisotopic (exact) mass is 375 g/mol. The van der Waals surface area contributed by atoms with Gasteiger partial charge in [0.1, 0.15) is 6.10 Å². The summed E-state index contributed by atoms with van der Waals surface area (Å²) in [5, 5.41) is 0. The SMILES string of the molecule is CC[C@H](OC(=O)N(C)C(C)(C)C)c1ccc(B2OC(C)(C)C(C)(C)O2)cc1. The zero-order valence-corrected chi connectivity index (χ0v) is 18.3. The zero-order valence-electron chi connectivity index (χ0n) is 18.3. The van der Waals surface area contributed by atoms with Gasteiger partial charge in [0.05, 0.1) is 11.2 Å². The van der Waals surface area contributed by atoms with Crippen LogP contribution >= 0.6 is 0 Å². The van der Waals surface area contributed by atoms with Crippen LogP contribution in [0.25, 0.3) is 0 Å². The van der Waals surface area contributed by atoms with E-state index in [0.29, 0.717) is 6.42 Å². The van der Waals surface area contributed by atoms with Gasteiger partial charge in [0.2, 0.25) is 0 Å². The summed E-state index contributed by atoms with van der Waals surface area (Å²) in [5.41, 5.74) is 0.916. The Kier molecular flexibility index (Phi) is 6.03. The molecule has 0 bridgehead atoms. The number of ether oxygens (including phenoxy) is 1. The molecule has 1 aromatic carbocycles. The van der Waals surface area contributed by atoms with Gasteiger partial charge in [-0.3, -0.25) is 0 Å². The van der Waals surface area contributed by atoms with Crippen molar-refractivity contribution in [3.63, 3.8) is 0 Å². The first-order valence-electron chi connectivity index (χ1n) is 9.68. The third kappa shape index (κ3) is 4.67. The van der Waals surface area contributed by atoms with Crippen molar-refractivity contribution in [2.45, 2.75) is 84.7 Å². The maximum absolute atomic E-state index is 12.4. The van der Waals surface area contributed by atoms with Crippen molar-refractivity contribution in [1.29, 1.82) is 0 Å². The lowest BCUT2D eigenvalue weighted by Gasteiger charge is -2.32. The average Bonchev–Trinajstić information content (AvgIpc) is 2.79. The van der Waals surface area contributed by atoms with E-state index in [4.69, 9.17) is 14.0 Å². The minimum atomic E-state index is -0.390. The Labute approximate surface area is 164 Å². The van der Waals surface area contributed by atoms with Crippen molar-refractivity contribution in [3.8, 4) is 0 Å². The predicted octanol–water partition coefficient (Wildman–Crippen LogP) is 4.30. The zero-order chi connectivity index (χ0) is 20.6. The molecule has 1 amide bonds. The summed E-state index contributed by atoms with van der Waals surface area (Å²) in [7, 11) is 1.37. The molecule has 1 atom stereocenters. The summed E-state index contributed by atoms with van der Waals surface area (Å²) in [6.07, 6.45) is 0.110. The minimum absolute atomic E-state index is 0.282. The quantitative estimate of drug-likeness (QED) is 0.736. The highest BCUT2D eigenvalue weighted by Crippen LogP contribution is 2.36. The fraction of sp³-hybridized carbons (Fsp3) is 0.667. The molecule has 1 aromatic rings. The van der Waals surface area contributed by atoms with E-state index in [1.165, 1.54) is 0 Å². The molecule has 5 nitrogen and oxygen atoms in total. The highest BCUT2D eigenvalue weighted by molar-refractivity contribution is 6.62. The first kappa shape index (κ1) is 21.8. The second kappa shape index (κ2) is 7.48. The molecular weight excluding hydrogens is 341 g/mol. The van der Waals surface area contributed by atoms with Gasteiger partial charge in [-0.25, -0.2) is 4.79 Å². The number of carbonyl (C=O) groups is 1. The molecule has 0 saturated carbocycles. The number of carbonyl (C=O) groups excluding carboxylic acids is 1. The number of hydrogen-bond donors (Lipinski definition) is 0. The van der Waals surface area contributed by atoms with Gasteiger partial charge in [-0.05, 0) is 65.9 Å². The third-order valence-corrected chi connectivity index (χ3v) is 5.73. The van der Waals surface area contributed by atoms with Crippen LogP contribution in [0.3, 0.4) is 0 Å². The summed E-state index contributed by atoms with van der Waals surface area (Å²) in [6.45, 7) is 16.1. The van der Waals surface area contributed by atoms with Gasteiger partial charge in [0, 0.05) is 12.6 Å². The lowest BCUT2D eigenvalue weighted by atomic mass is 9.78. The molecule has 2 rings (SSSR count). The number of nitrogens with zero attached hydrogens (tertiary/aromatic N) is 1. The summed E-state index contributed by atoms with van der Waals surface area (Å²) >= 11 is 0. The van der Waals surface area contributed by atoms with Crippen LogP contribution in [0.4, 0.5) is 4.79 Å². The van der Waals surface area contributed by atoms with Crippen LogP contribution in [-0.2, 0) is 14.0 Å². The molecule has 150 valence electrons. The molecule has 1 aliphatic rings. The van der Waals surface area contributed by atoms with Gasteiger partial charge in [0.15, 0.2) is 0 Å². The van der Waals surface area contributed by atoms with Gasteiger partial charge < -0.3 is 18.9 Å².